The predicted octanol–water partition coefficient (Wildman–Crippen LogP) is -0.118. The zero-order chi connectivity index (χ0) is 10.7. The standard InChI is InChI=1S/C8H10O5S/c9-6-3-1-2-5(4-6)7(8(10)11)14(12)13/h5H,1-4H2,(H,10,11). The first-order chi connectivity index (χ1) is 6.52. The first-order valence-electron chi connectivity index (χ1n) is 4.23. The Balaban J connectivity index is 2.96. The van der Waals surface area contributed by atoms with Gasteiger partial charge in [0, 0.05) is 18.8 Å². The largest absolute Gasteiger partial charge is 0.477 e. The van der Waals surface area contributed by atoms with Crippen LogP contribution in [0.3, 0.4) is 0 Å². The fourth-order valence-electron chi connectivity index (χ4n) is 1.63. The highest BCUT2D eigenvalue weighted by atomic mass is 32.2. The van der Waals surface area contributed by atoms with Crippen molar-refractivity contribution < 1.29 is 23.1 Å². The van der Waals surface area contributed by atoms with Gasteiger partial charge in [0.1, 0.15) is 5.78 Å². The van der Waals surface area contributed by atoms with Crippen molar-refractivity contribution >= 4 is 26.9 Å². The summed E-state index contributed by atoms with van der Waals surface area (Å²) in [5.74, 6) is -2.14. The summed E-state index contributed by atoms with van der Waals surface area (Å²) in [6.07, 6.45) is 1.49. The second-order valence-electron chi connectivity index (χ2n) is 3.24. The van der Waals surface area contributed by atoms with Gasteiger partial charge in [0.25, 0.3) is 0 Å². The smallest absolute Gasteiger partial charge is 0.347 e. The molecule has 1 saturated carbocycles. The lowest BCUT2D eigenvalue weighted by Gasteiger charge is -2.18. The van der Waals surface area contributed by atoms with Crippen LogP contribution in [0.4, 0.5) is 0 Å². The second-order valence-corrected chi connectivity index (χ2v) is 4.15. The third kappa shape index (κ3) is 2.41. The molecule has 1 rings (SSSR count). The number of hydrogen-bond acceptors (Lipinski definition) is 4. The molecule has 0 bridgehead atoms. The Bertz CT molecular complexity index is 384. The lowest BCUT2D eigenvalue weighted by atomic mass is 9.86. The Morgan fingerprint density at radius 3 is 2.50 bits per heavy atom. The quantitative estimate of drug-likeness (QED) is 0.653. The number of rotatable bonds is 2. The van der Waals surface area contributed by atoms with Crippen LogP contribution in [-0.2, 0) is 19.9 Å². The van der Waals surface area contributed by atoms with Crippen LogP contribution in [0.2, 0.25) is 0 Å². The third-order valence-corrected chi connectivity index (χ3v) is 3.11. The van der Waals surface area contributed by atoms with Crippen LogP contribution < -0.4 is 0 Å². The second kappa shape index (κ2) is 4.36. The topological polar surface area (TPSA) is 88.5 Å². The Kier molecular flexibility index (Phi) is 3.40. The van der Waals surface area contributed by atoms with Crippen LogP contribution in [0.5, 0.6) is 0 Å². The van der Waals surface area contributed by atoms with Gasteiger partial charge in [0.05, 0.1) is 0 Å². The molecule has 5 nitrogen and oxygen atoms in total. The molecular formula is C8H10O5S. The first-order valence-corrected chi connectivity index (χ1v) is 5.31. The molecule has 1 aliphatic carbocycles. The van der Waals surface area contributed by atoms with Crippen LogP contribution in [-0.4, -0.2) is 30.1 Å². The van der Waals surface area contributed by atoms with Crippen molar-refractivity contribution in [1.82, 2.24) is 0 Å². The molecule has 0 amide bonds. The van der Waals surface area contributed by atoms with Crippen LogP contribution in [0.15, 0.2) is 0 Å². The number of carboxylic acid groups (broad SMARTS) is 1. The molecule has 1 atom stereocenters. The van der Waals surface area contributed by atoms with Gasteiger partial charge in [0.15, 0.2) is 4.86 Å². The molecule has 0 saturated heterocycles. The van der Waals surface area contributed by atoms with E-state index in [0.29, 0.717) is 19.3 Å². The van der Waals surface area contributed by atoms with Crippen molar-refractivity contribution in [2.45, 2.75) is 25.7 Å². The van der Waals surface area contributed by atoms with Gasteiger partial charge in [-0.1, -0.05) is 0 Å². The average molecular weight is 218 g/mol. The van der Waals surface area contributed by atoms with Crippen molar-refractivity contribution in [2.75, 3.05) is 0 Å². The first kappa shape index (κ1) is 10.9. The molecule has 0 spiro atoms. The minimum Gasteiger partial charge on any atom is -0.477 e. The molecule has 1 unspecified atom stereocenters. The van der Waals surface area contributed by atoms with Gasteiger partial charge in [-0.25, -0.2) is 4.79 Å². The monoisotopic (exact) mass is 218 g/mol. The predicted molar refractivity (Wildman–Crippen MR) is 48.5 cm³/mol. The van der Waals surface area contributed by atoms with E-state index in [4.69, 9.17) is 5.11 Å². The van der Waals surface area contributed by atoms with Crippen LogP contribution in [0, 0.1) is 5.92 Å². The summed E-state index contributed by atoms with van der Waals surface area (Å²) in [4.78, 5) is 21.1. The van der Waals surface area contributed by atoms with E-state index in [0.717, 1.165) is 0 Å². The Morgan fingerprint density at radius 1 is 1.43 bits per heavy atom. The highest BCUT2D eigenvalue weighted by Gasteiger charge is 2.29. The minimum absolute atomic E-state index is 0.0373. The van der Waals surface area contributed by atoms with Gasteiger partial charge in [-0.2, -0.15) is 8.42 Å². The van der Waals surface area contributed by atoms with E-state index in [1.807, 2.05) is 0 Å². The molecule has 1 N–H and O–H groups in total. The molecule has 0 aromatic carbocycles. The molecule has 0 radical (unpaired) electrons. The molecule has 0 heterocycles. The van der Waals surface area contributed by atoms with Crippen LogP contribution in [0.25, 0.3) is 0 Å². The third-order valence-electron chi connectivity index (χ3n) is 2.24. The maximum Gasteiger partial charge on any atom is 0.347 e. The molecule has 78 valence electrons. The van der Waals surface area contributed by atoms with E-state index in [1.54, 1.807) is 0 Å². The SMILES string of the molecule is O=C1CCCC(C(C(=O)O)=S(=O)=O)C1. The molecule has 6 heteroatoms. The Morgan fingerprint density at radius 2 is 2.07 bits per heavy atom. The highest BCUT2D eigenvalue weighted by Crippen LogP contribution is 2.22. The fourth-order valence-corrected chi connectivity index (χ4v) is 2.25. The molecule has 0 aliphatic heterocycles. The fraction of sp³-hybridized carbons (Fsp3) is 0.625. The van der Waals surface area contributed by atoms with Gasteiger partial charge in [0.2, 0.25) is 10.3 Å². The molecule has 0 aromatic rings. The Hall–Kier alpha value is -1.17. The number of hydrogen-bond donors (Lipinski definition) is 1. The lowest BCUT2D eigenvalue weighted by Crippen LogP contribution is -2.29. The zero-order valence-corrected chi connectivity index (χ0v) is 8.21. The van der Waals surface area contributed by atoms with E-state index in [9.17, 15) is 18.0 Å². The molecule has 0 aromatic heterocycles. The van der Waals surface area contributed by atoms with Crippen LogP contribution >= 0.6 is 0 Å². The number of aliphatic carboxylic acids is 1. The summed E-state index contributed by atoms with van der Waals surface area (Å²) < 4.78 is 21.2. The van der Waals surface area contributed by atoms with Gasteiger partial charge >= 0.3 is 5.97 Å². The van der Waals surface area contributed by atoms with Crippen molar-refractivity contribution in [3.05, 3.63) is 0 Å². The number of ketones is 1. The normalized spacial score (nSPS) is 21.7. The van der Waals surface area contributed by atoms with Gasteiger partial charge in [-0.3, -0.25) is 4.79 Å². The zero-order valence-electron chi connectivity index (χ0n) is 7.39. The summed E-state index contributed by atoms with van der Waals surface area (Å²) in [5.41, 5.74) is 0. The van der Waals surface area contributed by atoms with Gasteiger partial charge < -0.3 is 5.11 Å². The summed E-state index contributed by atoms with van der Waals surface area (Å²) in [6, 6.07) is 0. The molecule has 14 heavy (non-hydrogen) atoms. The van der Waals surface area contributed by atoms with Crippen molar-refractivity contribution in [3.63, 3.8) is 0 Å². The molecule has 1 fully saturated rings. The van der Waals surface area contributed by atoms with E-state index in [2.05, 4.69) is 0 Å². The van der Waals surface area contributed by atoms with Gasteiger partial charge in [-0.15, -0.1) is 0 Å². The summed E-state index contributed by atoms with van der Waals surface area (Å²) >= 11 is 0. The van der Waals surface area contributed by atoms with Crippen molar-refractivity contribution in [1.29, 1.82) is 0 Å². The molecular weight excluding hydrogens is 208 g/mol. The average Bonchev–Trinajstić information content (AvgIpc) is 2.02. The van der Waals surface area contributed by atoms with Crippen molar-refractivity contribution in [2.24, 2.45) is 5.92 Å². The lowest BCUT2D eigenvalue weighted by molar-refractivity contribution is -0.129. The number of Topliss-reactive ketones (excluding diaryl/α,β-unsaturated/α-hetero) is 1. The minimum atomic E-state index is -2.73. The van der Waals surface area contributed by atoms with E-state index in [-0.39, 0.29) is 12.2 Å². The van der Waals surface area contributed by atoms with E-state index < -0.39 is 27.0 Å². The van der Waals surface area contributed by atoms with Crippen LogP contribution in [0.1, 0.15) is 25.7 Å². The maximum absolute atomic E-state index is 11.0. The van der Waals surface area contributed by atoms with E-state index >= 15 is 0 Å². The number of carbonyl (C=O) groups excluding carboxylic acids is 1. The van der Waals surface area contributed by atoms with Crippen molar-refractivity contribution in [3.8, 4) is 0 Å². The summed E-state index contributed by atoms with van der Waals surface area (Å²) in [6.45, 7) is 0. The van der Waals surface area contributed by atoms with E-state index in [1.165, 1.54) is 0 Å². The number of carboxylic acids is 1. The number of carbonyl (C=O) groups is 2. The summed E-state index contributed by atoms with van der Waals surface area (Å²) in [7, 11) is -2.73. The maximum atomic E-state index is 11.0. The molecule has 1 aliphatic rings. The van der Waals surface area contributed by atoms with Gasteiger partial charge in [-0.05, 0) is 12.8 Å². The Labute approximate surface area is 82.3 Å². The summed E-state index contributed by atoms with van der Waals surface area (Å²) in [5, 5.41) is 8.64. The highest BCUT2D eigenvalue weighted by molar-refractivity contribution is 7.74.